The van der Waals surface area contributed by atoms with Crippen LogP contribution in [0, 0.1) is 5.95 Å². The van der Waals surface area contributed by atoms with Crippen LogP contribution in [0.25, 0.3) is 0 Å². The van der Waals surface area contributed by atoms with E-state index in [9.17, 15) is 4.39 Å². The van der Waals surface area contributed by atoms with Crippen molar-refractivity contribution in [1.29, 1.82) is 0 Å². The van der Waals surface area contributed by atoms with E-state index in [0.717, 1.165) is 5.56 Å². The zero-order valence-corrected chi connectivity index (χ0v) is 11.0. The minimum atomic E-state index is -0.559. The Bertz CT molecular complexity index is 574. The second-order valence-corrected chi connectivity index (χ2v) is 4.32. The average Bonchev–Trinajstić information content (AvgIpc) is 2.44. The van der Waals surface area contributed by atoms with Gasteiger partial charge in [-0.3, -0.25) is 0 Å². The first-order valence-corrected chi connectivity index (χ1v) is 6.25. The molecule has 0 aliphatic carbocycles. The van der Waals surface area contributed by atoms with Crippen LogP contribution in [0.15, 0.2) is 55.1 Å². The molecule has 0 N–H and O–H groups in total. The molecule has 1 aromatic heterocycles. The SMILES string of the molecule is C=CCOc1ccccc1C(Cl)c1cccc(F)n1. The lowest BCUT2D eigenvalue weighted by molar-refractivity contribution is 0.359. The number of nitrogens with zero attached hydrogens (tertiary/aromatic N) is 1. The maximum Gasteiger partial charge on any atom is 0.213 e. The number of halogens is 2. The molecule has 0 amide bonds. The van der Waals surface area contributed by atoms with Crippen molar-refractivity contribution in [3.8, 4) is 5.75 Å². The number of aromatic nitrogens is 1. The van der Waals surface area contributed by atoms with Crippen LogP contribution < -0.4 is 4.74 Å². The van der Waals surface area contributed by atoms with Crippen LogP contribution >= 0.6 is 11.6 Å². The summed E-state index contributed by atoms with van der Waals surface area (Å²) >= 11 is 6.35. The predicted molar refractivity (Wildman–Crippen MR) is 74.0 cm³/mol. The predicted octanol–water partition coefficient (Wildman–Crippen LogP) is 4.11. The standard InChI is InChI=1S/C15H13ClFNO/c1-2-10-19-13-8-4-3-6-11(13)15(16)12-7-5-9-14(17)18-12/h2-9,15H,1,10H2. The van der Waals surface area contributed by atoms with Crippen molar-refractivity contribution >= 4 is 11.6 Å². The Hall–Kier alpha value is -1.87. The quantitative estimate of drug-likeness (QED) is 0.466. The Morgan fingerprint density at radius 2 is 2.05 bits per heavy atom. The third kappa shape index (κ3) is 3.32. The summed E-state index contributed by atoms with van der Waals surface area (Å²) in [5.41, 5.74) is 1.21. The van der Waals surface area contributed by atoms with Crippen molar-refractivity contribution in [2.45, 2.75) is 5.38 Å². The van der Waals surface area contributed by atoms with Gasteiger partial charge in [0, 0.05) is 5.56 Å². The molecule has 0 aliphatic heterocycles. The third-order valence-corrected chi connectivity index (χ3v) is 3.00. The van der Waals surface area contributed by atoms with Crippen LogP contribution in [0.4, 0.5) is 4.39 Å². The average molecular weight is 278 g/mol. The summed E-state index contributed by atoms with van der Waals surface area (Å²) < 4.78 is 18.7. The van der Waals surface area contributed by atoms with Gasteiger partial charge in [-0.2, -0.15) is 4.39 Å². The maximum atomic E-state index is 13.1. The second-order valence-electron chi connectivity index (χ2n) is 3.89. The molecular weight excluding hydrogens is 265 g/mol. The lowest BCUT2D eigenvalue weighted by Gasteiger charge is -2.14. The van der Waals surface area contributed by atoms with Gasteiger partial charge in [0.05, 0.1) is 5.69 Å². The molecule has 0 saturated heterocycles. The van der Waals surface area contributed by atoms with E-state index in [1.165, 1.54) is 6.07 Å². The van der Waals surface area contributed by atoms with Crippen molar-refractivity contribution in [3.05, 3.63) is 72.3 Å². The number of benzene rings is 1. The fraction of sp³-hybridized carbons (Fsp3) is 0.133. The molecule has 2 rings (SSSR count). The number of hydrogen-bond acceptors (Lipinski definition) is 2. The van der Waals surface area contributed by atoms with E-state index in [-0.39, 0.29) is 0 Å². The maximum absolute atomic E-state index is 13.1. The van der Waals surface area contributed by atoms with E-state index >= 15 is 0 Å². The number of hydrogen-bond donors (Lipinski definition) is 0. The van der Waals surface area contributed by atoms with Crippen molar-refractivity contribution in [1.82, 2.24) is 4.98 Å². The van der Waals surface area contributed by atoms with E-state index in [4.69, 9.17) is 16.3 Å². The largest absolute Gasteiger partial charge is 0.489 e. The Balaban J connectivity index is 2.32. The summed E-state index contributed by atoms with van der Waals surface area (Å²) in [7, 11) is 0. The van der Waals surface area contributed by atoms with E-state index < -0.39 is 11.3 Å². The topological polar surface area (TPSA) is 22.1 Å². The third-order valence-electron chi connectivity index (χ3n) is 2.55. The number of pyridine rings is 1. The number of alkyl halides is 1. The highest BCUT2D eigenvalue weighted by molar-refractivity contribution is 6.22. The van der Waals surface area contributed by atoms with Crippen LogP contribution in [0.5, 0.6) is 5.75 Å². The van der Waals surface area contributed by atoms with Gasteiger partial charge < -0.3 is 4.74 Å². The molecular formula is C15H13ClFNO. The molecule has 2 nitrogen and oxygen atoms in total. The summed E-state index contributed by atoms with van der Waals surface area (Å²) in [5, 5.41) is -0.559. The van der Waals surface area contributed by atoms with Crippen molar-refractivity contribution in [3.63, 3.8) is 0 Å². The molecule has 1 heterocycles. The summed E-state index contributed by atoms with van der Waals surface area (Å²) in [6.07, 6.45) is 1.65. The number of rotatable bonds is 5. The summed E-state index contributed by atoms with van der Waals surface area (Å²) in [6.45, 7) is 3.99. The Morgan fingerprint density at radius 1 is 1.26 bits per heavy atom. The Kier molecular flexibility index (Phi) is 4.53. The molecule has 0 saturated carbocycles. The minimum absolute atomic E-state index is 0.386. The van der Waals surface area contributed by atoms with Gasteiger partial charge in [0.2, 0.25) is 5.95 Å². The van der Waals surface area contributed by atoms with Crippen LogP contribution in [0.3, 0.4) is 0 Å². The summed E-state index contributed by atoms with van der Waals surface area (Å²) in [4.78, 5) is 3.80. The first-order chi connectivity index (χ1) is 9.22. The second kappa shape index (κ2) is 6.34. The van der Waals surface area contributed by atoms with E-state index in [0.29, 0.717) is 18.1 Å². The van der Waals surface area contributed by atoms with E-state index in [1.54, 1.807) is 18.2 Å². The fourth-order valence-electron chi connectivity index (χ4n) is 1.69. The molecule has 19 heavy (non-hydrogen) atoms. The Morgan fingerprint density at radius 3 is 2.79 bits per heavy atom. The number of ether oxygens (including phenoxy) is 1. The smallest absolute Gasteiger partial charge is 0.213 e. The van der Waals surface area contributed by atoms with Gasteiger partial charge in [-0.25, -0.2) is 4.98 Å². The molecule has 2 aromatic rings. The minimum Gasteiger partial charge on any atom is -0.489 e. The van der Waals surface area contributed by atoms with Gasteiger partial charge in [0.15, 0.2) is 0 Å². The monoisotopic (exact) mass is 277 g/mol. The summed E-state index contributed by atoms with van der Waals surface area (Å²) in [6, 6.07) is 11.9. The molecule has 1 atom stereocenters. The molecule has 0 radical (unpaired) electrons. The number of para-hydroxylation sites is 1. The van der Waals surface area contributed by atoms with Crippen molar-refractivity contribution < 1.29 is 9.13 Å². The Labute approximate surface area is 116 Å². The summed E-state index contributed by atoms with van der Waals surface area (Å²) in [5.74, 6) is 0.0982. The van der Waals surface area contributed by atoms with Gasteiger partial charge in [-0.15, -0.1) is 11.6 Å². The lowest BCUT2D eigenvalue weighted by Crippen LogP contribution is -2.02. The van der Waals surface area contributed by atoms with Crippen molar-refractivity contribution in [2.75, 3.05) is 6.61 Å². The molecule has 1 unspecified atom stereocenters. The van der Waals surface area contributed by atoms with Crippen LogP contribution in [0.2, 0.25) is 0 Å². The first-order valence-electron chi connectivity index (χ1n) is 5.81. The highest BCUT2D eigenvalue weighted by Crippen LogP contribution is 2.33. The molecule has 98 valence electrons. The molecule has 0 fully saturated rings. The van der Waals surface area contributed by atoms with E-state index in [1.807, 2.05) is 24.3 Å². The normalized spacial score (nSPS) is 11.9. The van der Waals surface area contributed by atoms with Gasteiger partial charge in [-0.05, 0) is 18.2 Å². The van der Waals surface area contributed by atoms with Crippen LogP contribution in [-0.4, -0.2) is 11.6 Å². The van der Waals surface area contributed by atoms with Gasteiger partial charge in [-0.1, -0.05) is 36.9 Å². The highest BCUT2D eigenvalue weighted by atomic mass is 35.5. The van der Waals surface area contributed by atoms with E-state index in [2.05, 4.69) is 11.6 Å². The zero-order valence-electron chi connectivity index (χ0n) is 10.2. The zero-order chi connectivity index (χ0) is 13.7. The molecule has 4 heteroatoms. The fourth-order valence-corrected chi connectivity index (χ4v) is 2.00. The molecule has 1 aromatic carbocycles. The van der Waals surface area contributed by atoms with Gasteiger partial charge >= 0.3 is 0 Å². The van der Waals surface area contributed by atoms with Crippen molar-refractivity contribution in [2.24, 2.45) is 0 Å². The highest BCUT2D eigenvalue weighted by Gasteiger charge is 2.17. The van der Waals surface area contributed by atoms with Gasteiger partial charge in [0.1, 0.15) is 17.7 Å². The first kappa shape index (κ1) is 13.6. The van der Waals surface area contributed by atoms with Crippen LogP contribution in [0.1, 0.15) is 16.6 Å². The van der Waals surface area contributed by atoms with Crippen LogP contribution in [-0.2, 0) is 0 Å². The molecule has 0 bridgehead atoms. The molecule has 0 aliphatic rings. The van der Waals surface area contributed by atoms with Gasteiger partial charge in [0.25, 0.3) is 0 Å². The lowest BCUT2D eigenvalue weighted by atomic mass is 10.1. The molecule has 0 spiro atoms.